The van der Waals surface area contributed by atoms with Gasteiger partial charge in [-0.05, 0) is 357 Å². The number of likely N-dealkylation sites (tertiary alicyclic amines) is 1. The number of amides is 10. The maximum absolute atomic E-state index is 13.6. The number of methoxy groups -OCH3 is 3. The number of carbonyl (C=O) groups excluding carboxylic acids is 10. The molecule has 1 saturated heterocycles. The summed E-state index contributed by atoms with van der Waals surface area (Å²) in [6.07, 6.45) is 32.0. The molecule has 8 aliphatic carbocycles. The second-order valence-electron chi connectivity index (χ2n) is 44.2. The van der Waals surface area contributed by atoms with Gasteiger partial charge in [-0.25, -0.2) is 22.0 Å². The Balaban J connectivity index is 0.000000187. The molecule has 5 aromatic carbocycles. The van der Waals surface area contributed by atoms with E-state index >= 15 is 0 Å². The van der Waals surface area contributed by atoms with Crippen LogP contribution in [0.1, 0.15) is 306 Å². The molecule has 0 aromatic heterocycles. The molecule has 1 aliphatic heterocycles. The Morgan fingerprint density at radius 3 is 0.863 bits per heavy atom. The van der Waals surface area contributed by atoms with Gasteiger partial charge >= 0.3 is 0 Å². The van der Waals surface area contributed by atoms with Crippen LogP contribution in [0.15, 0.2) is 91.0 Å². The molecule has 9 fully saturated rings. The maximum Gasteiger partial charge on any atom is 0.251 e. The van der Waals surface area contributed by atoms with Gasteiger partial charge in [-0.1, -0.05) is 23.2 Å². The second kappa shape index (κ2) is 56.2. The minimum Gasteiger partial charge on any atom is -0.497 e. The van der Waals surface area contributed by atoms with Crippen LogP contribution in [0.3, 0.4) is 0 Å². The third-order valence-corrected chi connectivity index (χ3v) is 32.2. The average molecular weight is 2080 g/mol. The molecule has 0 unspecified atom stereocenters. The molecule has 35 heteroatoms. The third kappa shape index (κ3) is 37.5. The monoisotopic (exact) mass is 2080 g/mol. The van der Waals surface area contributed by atoms with E-state index in [1.165, 1.54) is 132 Å². The number of likely N-dealkylation sites (N-methyl/N-ethyl adjacent to an activating group) is 3. The fraction of sp³-hybridized carbons (Fsp3) is 0.640. The highest BCUT2D eigenvalue weighted by Gasteiger charge is 2.42. The molecule has 1 heterocycles. The highest BCUT2D eigenvalue weighted by molar-refractivity contribution is 6.31. The normalized spacial score (nSPS) is 22.4. The van der Waals surface area contributed by atoms with E-state index in [4.69, 9.17) is 37.4 Å². The molecule has 0 spiro atoms. The van der Waals surface area contributed by atoms with E-state index in [0.29, 0.717) is 142 Å². The van der Waals surface area contributed by atoms with Crippen molar-refractivity contribution < 1.29 is 84.1 Å². The van der Waals surface area contributed by atoms with Crippen LogP contribution in [-0.4, -0.2) is 251 Å². The summed E-state index contributed by atoms with van der Waals surface area (Å²) in [4.78, 5) is 131. The maximum atomic E-state index is 13.6. The lowest BCUT2D eigenvalue weighted by molar-refractivity contribution is -0.138. The van der Waals surface area contributed by atoms with Crippen LogP contribution in [0.25, 0.3) is 0 Å². The molecule has 0 bridgehead atoms. The van der Waals surface area contributed by atoms with Crippen molar-refractivity contribution in [2.24, 2.45) is 29.6 Å². The first-order valence-electron chi connectivity index (χ1n) is 52.7. The van der Waals surface area contributed by atoms with Crippen molar-refractivity contribution >= 4 is 82.3 Å². The van der Waals surface area contributed by atoms with Gasteiger partial charge in [0.15, 0.2) is 0 Å². The van der Waals surface area contributed by atoms with Gasteiger partial charge in [0.1, 0.15) is 46.3 Å². The minimum absolute atomic E-state index is 0.000315. The number of halogens is 7. The number of ether oxygens (including phenoxy) is 3. The zero-order chi connectivity index (χ0) is 106. The lowest BCUT2D eigenvalue weighted by Crippen LogP contribution is -2.54. The smallest absolute Gasteiger partial charge is 0.251 e. The first kappa shape index (κ1) is 118. The topological polar surface area (TPSA) is 344 Å². The first-order valence-corrected chi connectivity index (χ1v) is 53.5. The molecule has 0 radical (unpaired) electrons. The summed E-state index contributed by atoms with van der Waals surface area (Å²) < 4.78 is 82.6. The molecule has 9 aliphatic rings. The van der Waals surface area contributed by atoms with Gasteiger partial charge in [0, 0.05) is 174 Å². The predicted octanol–water partition coefficient (Wildman–Crippen LogP) is 16.4. The van der Waals surface area contributed by atoms with E-state index in [0.717, 1.165) is 186 Å². The summed E-state index contributed by atoms with van der Waals surface area (Å²) in [5.74, 6) is -0.303. The van der Waals surface area contributed by atoms with Crippen molar-refractivity contribution in [1.82, 2.24) is 78.1 Å². The van der Waals surface area contributed by atoms with E-state index in [-0.39, 0.29) is 125 Å². The zero-order valence-electron chi connectivity index (χ0n) is 88.4. The predicted molar refractivity (Wildman–Crippen MR) is 560 cm³/mol. The van der Waals surface area contributed by atoms with Crippen molar-refractivity contribution in [1.29, 1.82) is 0 Å². The van der Waals surface area contributed by atoms with Crippen molar-refractivity contribution in [3.63, 3.8) is 0 Å². The molecular weight excluding hydrogens is 1920 g/mol. The standard InChI is InChI=1S/2C23H34FN3O3.C22H31ClFN3O2.C22H32FN3O3.C21H31ClFN3O2/c1-23(9-4-10-23)27(2)21(28)15-25-19-7-5-16(6-8-19)14-26-22(29)17-11-18(24)13-20(12-17)30-3;1-23(2)9-4-10-27(23)21(28)15-25-19-7-5-16(6-8-19)14-26-22(29)17-11-18(24)13-20(12-17)30-3;1-22(8-3-9-22)27(2)20(28)14-25-19-6-4-15(5-7-19)13-26-21(29)16-10-17(23)12-18(24)11-16;1-22(8-3-9-22)26-20(27)14-24-18-6-4-15(5-7-18)13-25-21(28)16-10-17(23)12-19(11-16)29-2;1-21(2,3)26(4)19(27)13-24-18-7-5-14(6-8-18)12-25-20(28)15-9-16(22)11-17(23)10-15/h2*11-13,16,19,25H,4-10,14-15H2,1-3H3,(H,26,29);10-12,15,19,25H,3-9,13-14H2,1-2H3,(H,26,29);10-12,15,18,24H,3-9,13-14H2,1-2H3,(H,25,28)(H,26,27);9-11,14,18,24H,5-8,12-13H2,1-4H3,(H,25,28). The first-order chi connectivity index (χ1) is 69.3. The van der Waals surface area contributed by atoms with Gasteiger partial charge in [-0.2, -0.15) is 0 Å². The van der Waals surface area contributed by atoms with Crippen LogP contribution in [-0.2, 0) is 24.0 Å². The lowest BCUT2D eigenvalue weighted by Gasteiger charge is -2.46. The number of nitrogens with one attached hydrogen (secondary N) is 11. The molecule has 146 heavy (non-hydrogen) atoms. The fourth-order valence-corrected chi connectivity index (χ4v) is 21.2. The van der Waals surface area contributed by atoms with Crippen LogP contribution < -0.4 is 72.7 Å². The summed E-state index contributed by atoms with van der Waals surface area (Å²) in [6, 6.07) is 21.4. The number of carbonyl (C=O) groups is 10. The quantitative estimate of drug-likeness (QED) is 0.0166. The average Bonchev–Trinajstić information content (AvgIpc) is 0.997. The SMILES string of the molecule is CN(C(=O)CNC1CCC(CNC(=O)c2cc(F)cc(Cl)c2)CC1)C(C)(C)C.CN(C(=O)CNC1CCC(CNC(=O)c2cc(F)cc(Cl)c2)CC1)C1(C)CCC1.COc1cc(F)cc(C(=O)NCC2CCC(NCC(=O)N(C)C3(C)CCC3)CC2)c1.COc1cc(F)cc(C(=O)NCC2CCC(NCC(=O)N3CCCC3(C)C)CC2)c1.COc1cc(F)cc(C(=O)NCC2CCC(NCC(=O)NC3(C)CCC3)CC2)c1. The number of hydrogen-bond acceptors (Lipinski definition) is 18. The zero-order valence-corrected chi connectivity index (χ0v) is 89.9. The van der Waals surface area contributed by atoms with Crippen molar-refractivity contribution in [2.75, 3.05) is 114 Å². The highest BCUT2D eigenvalue weighted by Crippen LogP contribution is 2.39. The number of nitrogens with zero attached hydrogens (tertiary/aromatic N) is 4. The van der Waals surface area contributed by atoms with Crippen LogP contribution in [0, 0.1) is 58.7 Å². The number of hydrogen-bond donors (Lipinski definition) is 11. The Bertz CT molecular complexity index is 5100. The molecule has 28 nitrogen and oxygen atoms in total. The number of rotatable bonds is 36. The molecule has 0 atom stereocenters. The van der Waals surface area contributed by atoms with Crippen LogP contribution in [0.5, 0.6) is 17.2 Å². The molecule has 808 valence electrons. The largest absolute Gasteiger partial charge is 0.497 e. The Hall–Kier alpha value is -9.77. The van der Waals surface area contributed by atoms with Crippen molar-refractivity contribution in [2.45, 2.75) is 312 Å². The lowest BCUT2D eigenvalue weighted by atomic mass is 9.77. The Morgan fingerprint density at radius 2 is 0.616 bits per heavy atom. The fourth-order valence-electron chi connectivity index (χ4n) is 20.8. The van der Waals surface area contributed by atoms with E-state index < -0.39 is 29.1 Å². The van der Waals surface area contributed by atoms with Gasteiger partial charge in [0.25, 0.3) is 29.5 Å². The summed E-state index contributed by atoms with van der Waals surface area (Å²) in [5.41, 5.74) is 1.16. The van der Waals surface area contributed by atoms with E-state index in [2.05, 4.69) is 93.1 Å². The highest BCUT2D eigenvalue weighted by atomic mass is 35.5. The minimum atomic E-state index is -0.518. The van der Waals surface area contributed by atoms with Crippen LogP contribution in [0.2, 0.25) is 10.0 Å². The third-order valence-electron chi connectivity index (χ3n) is 31.8. The molecule has 8 saturated carbocycles. The summed E-state index contributed by atoms with van der Waals surface area (Å²) in [5, 5.41) is 35.0. The van der Waals surface area contributed by atoms with E-state index in [9.17, 15) is 69.9 Å². The number of benzene rings is 5. The molecular formula is C111H162Cl2F5N15O13. The van der Waals surface area contributed by atoms with Crippen LogP contribution in [0.4, 0.5) is 22.0 Å². The van der Waals surface area contributed by atoms with Gasteiger partial charge in [-0.15, -0.1) is 0 Å². The summed E-state index contributed by atoms with van der Waals surface area (Å²) in [6.45, 7) is 22.3. The molecule has 5 aromatic rings. The summed E-state index contributed by atoms with van der Waals surface area (Å²) in [7, 11) is 9.99. The second-order valence-corrected chi connectivity index (χ2v) is 45.0. The van der Waals surface area contributed by atoms with Gasteiger partial charge in [0.05, 0.1) is 54.1 Å². The van der Waals surface area contributed by atoms with Gasteiger partial charge in [0.2, 0.25) is 29.5 Å². The molecule has 14 rings (SSSR count). The Labute approximate surface area is 871 Å². The van der Waals surface area contributed by atoms with Crippen molar-refractivity contribution in [3.05, 3.63) is 158 Å². The van der Waals surface area contributed by atoms with E-state index in [1.54, 1.807) is 4.90 Å². The Kier molecular flexibility index (Phi) is 45.5. The molecule has 10 amide bonds. The van der Waals surface area contributed by atoms with Crippen LogP contribution >= 0.6 is 23.2 Å². The van der Waals surface area contributed by atoms with Crippen molar-refractivity contribution in [3.8, 4) is 17.2 Å². The van der Waals surface area contributed by atoms with Gasteiger partial charge in [-0.3, -0.25) is 47.9 Å². The Morgan fingerprint density at radius 1 is 0.349 bits per heavy atom. The molecule has 11 N–H and O–H groups in total. The van der Waals surface area contributed by atoms with E-state index in [1.807, 2.05) is 56.6 Å². The van der Waals surface area contributed by atoms with Gasteiger partial charge < -0.3 is 92.3 Å². The summed E-state index contributed by atoms with van der Waals surface area (Å²) >= 11 is 11.6.